The molecular weight excluding hydrogens is 547 g/mol. The Morgan fingerprint density at radius 1 is 1.00 bits per heavy atom. The van der Waals surface area contributed by atoms with Crippen molar-refractivity contribution in [2.45, 2.75) is 24.9 Å². The van der Waals surface area contributed by atoms with Crippen molar-refractivity contribution < 1.29 is 54.2 Å². The van der Waals surface area contributed by atoms with E-state index in [9.17, 15) is 54.2 Å². The minimum Gasteiger partial charge on any atom is -0.481 e. The van der Waals surface area contributed by atoms with E-state index in [-0.39, 0.29) is 17.3 Å². The lowest BCUT2D eigenvalue weighted by atomic mass is 9.76. The molecule has 0 saturated carbocycles. The molecule has 0 bridgehead atoms. The second kappa shape index (κ2) is 9.73. The van der Waals surface area contributed by atoms with Gasteiger partial charge in [0.05, 0.1) is 11.7 Å². The first-order valence-electron chi connectivity index (χ1n) is 10.7. The molecule has 3 rings (SSSR count). The molecule has 0 heterocycles. The maximum Gasteiger partial charge on any atom is 0.430 e. The number of hydrogen-bond donors (Lipinski definition) is 3. The monoisotopic (exact) mass is 567 g/mol. The summed E-state index contributed by atoms with van der Waals surface area (Å²) in [6.07, 6.45) is -6.53. The van der Waals surface area contributed by atoms with Gasteiger partial charge in [0.2, 0.25) is 10.0 Å². The Balaban J connectivity index is 1.84. The van der Waals surface area contributed by atoms with E-state index in [0.717, 1.165) is 0 Å². The highest BCUT2D eigenvalue weighted by Gasteiger charge is 2.71. The lowest BCUT2D eigenvalue weighted by molar-refractivity contribution is -0.376. The van der Waals surface area contributed by atoms with Gasteiger partial charge in [-0.25, -0.2) is 12.8 Å². The Hall–Kier alpha value is -3.39. The summed E-state index contributed by atoms with van der Waals surface area (Å²) in [7, 11) is -4.11. The van der Waals surface area contributed by atoms with Crippen LogP contribution in [0.2, 0.25) is 0 Å². The Bertz CT molecular complexity index is 1370. The largest absolute Gasteiger partial charge is 0.481 e. The number of aliphatic hydroxyl groups is 1. The molecule has 1 aliphatic rings. The van der Waals surface area contributed by atoms with Gasteiger partial charge in [0.1, 0.15) is 5.82 Å². The van der Waals surface area contributed by atoms with Crippen LogP contribution in [-0.4, -0.2) is 42.7 Å². The normalized spacial score (nSPS) is 20.4. The molecule has 2 unspecified atom stereocenters. The highest BCUT2D eigenvalue weighted by Crippen LogP contribution is 2.50. The number of benzene rings is 2. The summed E-state index contributed by atoms with van der Waals surface area (Å²) in [5.74, 6) is -4.42. The van der Waals surface area contributed by atoms with Crippen LogP contribution in [0, 0.1) is 17.2 Å². The van der Waals surface area contributed by atoms with Gasteiger partial charge in [-0.3, -0.25) is 9.52 Å². The van der Waals surface area contributed by atoms with Crippen molar-refractivity contribution in [3.8, 4) is 11.1 Å². The summed E-state index contributed by atoms with van der Waals surface area (Å²) >= 11 is 0. The summed E-state index contributed by atoms with van der Waals surface area (Å²) in [6.45, 7) is 1.46. The number of carboxylic acids is 1. The average Bonchev–Trinajstić information content (AvgIpc) is 2.76. The lowest BCUT2D eigenvalue weighted by Crippen LogP contribution is -2.53. The van der Waals surface area contributed by atoms with E-state index in [4.69, 9.17) is 0 Å². The molecule has 38 heavy (non-hydrogen) atoms. The maximum atomic E-state index is 14.6. The van der Waals surface area contributed by atoms with Crippen LogP contribution in [0.3, 0.4) is 0 Å². The van der Waals surface area contributed by atoms with Gasteiger partial charge in [-0.1, -0.05) is 55.5 Å². The van der Waals surface area contributed by atoms with Gasteiger partial charge in [0, 0.05) is 22.2 Å². The van der Waals surface area contributed by atoms with Gasteiger partial charge in [-0.15, -0.1) is 0 Å². The predicted molar refractivity (Wildman–Crippen MR) is 123 cm³/mol. The molecule has 3 N–H and O–H groups in total. The first-order chi connectivity index (χ1) is 17.3. The number of carboxylic acid groups (broad SMARTS) is 1. The number of alkyl halides is 6. The first-order valence-corrected chi connectivity index (χ1v) is 12.3. The molecule has 0 fully saturated rings. The molecule has 1 aliphatic carbocycles. The minimum absolute atomic E-state index is 0.0138. The van der Waals surface area contributed by atoms with E-state index in [0.29, 0.717) is 12.1 Å². The molecule has 0 aliphatic heterocycles. The van der Waals surface area contributed by atoms with Crippen LogP contribution in [-0.2, 0) is 20.4 Å². The van der Waals surface area contributed by atoms with Crippen molar-refractivity contribution in [2.75, 3.05) is 10.5 Å². The number of anilines is 1. The molecule has 2 atom stereocenters. The van der Waals surface area contributed by atoms with E-state index in [2.05, 4.69) is 4.72 Å². The summed E-state index contributed by atoms with van der Waals surface area (Å²) in [6, 6.07) is 5.54. The topological polar surface area (TPSA) is 104 Å². The zero-order valence-electron chi connectivity index (χ0n) is 19.3. The Morgan fingerprint density at radius 3 is 2.08 bits per heavy atom. The minimum atomic E-state index is -6.18. The zero-order valence-corrected chi connectivity index (χ0v) is 20.1. The number of sulfonamides is 1. The molecule has 6 nitrogen and oxygen atoms in total. The molecular formula is C24H20F7NO5S. The summed E-state index contributed by atoms with van der Waals surface area (Å²) in [5.41, 5.74) is -8.76. The molecule has 2 aromatic carbocycles. The highest BCUT2D eigenvalue weighted by atomic mass is 32.2. The number of rotatable bonds is 7. The van der Waals surface area contributed by atoms with Crippen LogP contribution < -0.4 is 4.72 Å². The van der Waals surface area contributed by atoms with Crippen LogP contribution in [0.4, 0.5) is 36.4 Å². The summed E-state index contributed by atoms with van der Waals surface area (Å²) < 4.78 is 121. The smallest absolute Gasteiger partial charge is 0.430 e. The van der Waals surface area contributed by atoms with Gasteiger partial charge in [-0.05, 0) is 23.8 Å². The molecule has 0 spiro atoms. The maximum absolute atomic E-state index is 14.6. The Kier molecular flexibility index (Phi) is 7.47. The average molecular weight is 567 g/mol. The van der Waals surface area contributed by atoms with Crippen molar-refractivity contribution in [3.05, 3.63) is 78.1 Å². The fourth-order valence-corrected chi connectivity index (χ4v) is 5.74. The van der Waals surface area contributed by atoms with Gasteiger partial charge < -0.3 is 10.2 Å². The summed E-state index contributed by atoms with van der Waals surface area (Å²) in [4.78, 5) is 11.5. The molecule has 14 heteroatoms. The number of aliphatic carboxylic acids is 1. The SMILES string of the molecule is CC1(CS(=O)(=O)Nc2ccc(-c3ccc(C(O)(C(F)(F)F)C(F)(F)F)cc3F)cc2)C=CC=CC1C(=O)O. The van der Waals surface area contributed by atoms with E-state index >= 15 is 0 Å². The first kappa shape index (κ1) is 29.2. The molecule has 206 valence electrons. The number of halogens is 7. The van der Waals surface area contributed by atoms with Crippen molar-refractivity contribution in [2.24, 2.45) is 11.3 Å². The molecule has 0 saturated heterocycles. The number of allylic oxidation sites excluding steroid dienone is 3. The summed E-state index contributed by atoms with van der Waals surface area (Å²) in [5, 5.41) is 18.9. The van der Waals surface area contributed by atoms with Gasteiger partial charge >= 0.3 is 18.3 Å². The van der Waals surface area contributed by atoms with Crippen molar-refractivity contribution in [1.29, 1.82) is 0 Å². The van der Waals surface area contributed by atoms with Gasteiger partial charge in [-0.2, -0.15) is 26.3 Å². The second-order valence-electron chi connectivity index (χ2n) is 8.90. The predicted octanol–water partition coefficient (Wildman–Crippen LogP) is 5.38. The molecule has 0 radical (unpaired) electrons. The van der Waals surface area contributed by atoms with Crippen molar-refractivity contribution in [1.82, 2.24) is 0 Å². The van der Waals surface area contributed by atoms with Crippen LogP contribution >= 0.6 is 0 Å². The second-order valence-corrected chi connectivity index (χ2v) is 10.6. The fourth-order valence-electron chi connectivity index (χ4n) is 4.08. The third-order valence-corrected chi connectivity index (χ3v) is 7.59. The third kappa shape index (κ3) is 5.55. The van der Waals surface area contributed by atoms with Gasteiger partial charge in [0.15, 0.2) is 0 Å². The van der Waals surface area contributed by atoms with Crippen LogP contribution in [0.15, 0.2) is 66.8 Å². The molecule has 0 amide bonds. The fraction of sp³-hybridized carbons (Fsp3) is 0.292. The van der Waals surface area contributed by atoms with E-state index < -0.39 is 68.0 Å². The highest BCUT2D eigenvalue weighted by molar-refractivity contribution is 7.92. The van der Waals surface area contributed by atoms with Crippen LogP contribution in [0.1, 0.15) is 12.5 Å². The number of hydrogen-bond acceptors (Lipinski definition) is 4. The van der Waals surface area contributed by atoms with E-state index in [1.165, 1.54) is 55.5 Å². The third-order valence-electron chi connectivity index (χ3n) is 6.05. The van der Waals surface area contributed by atoms with Crippen LogP contribution in [0.25, 0.3) is 11.1 Å². The van der Waals surface area contributed by atoms with Crippen molar-refractivity contribution in [3.63, 3.8) is 0 Å². The standard InChI is InChI=1S/C24H20F7NO5S/c1-21(11-3-2-4-18(21)20(33)34)13-38(36,37)32-16-8-5-14(6-9-16)17-10-7-15(12-19(17)25)22(35,23(26,27)28)24(29,30)31/h2-12,18,32,35H,13H2,1H3,(H,33,34). The molecule has 0 aromatic heterocycles. The van der Waals surface area contributed by atoms with Crippen molar-refractivity contribution >= 4 is 21.7 Å². The lowest BCUT2D eigenvalue weighted by Gasteiger charge is -2.32. The van der Waals surface area contributed by atoms with E-state index in [1.54, 1.807) is 0 Å². The Morgan fingerprint density at radius 2 is 1.58 bits per heavy atom. The number of nitrogens with one attached hydrogen (secondary N) is 1. The zero-order chi connectivity index (χ0) is 28.7. The Labute approximate surface area is 212 Å². The van der Waals surface area contributed by atoms with Gasteiger partial charge in [0.25, 0.3) is 5.60 Å². The quantitative estimate of drug-likeness (QED) is 0.390. The van der Waals surface area contributed by atoms with E-state index in [1.807, 2.05) is 0 Å². The van der Waals surface area contributed by atoms with Crippen LogP contribution in [0.5, 0.6) is 0 Å². The molecule has 2 aromatic rings. The number of carbonyl (C=O) groups is 1.